The number of carbonyl (C=O) groups is 1. The van der Waals surface area contributed by atoms with Crippen LogP contribution in [-0.2, 0) is 14.4 Å². The number of hydrogen-bond donors (Lipinski definition) is 1. The van der Waals surface area contributed by atoms with Crippen molar-refractivity contribution in [1.82, 2.24) is 9.97 Å². The number of anilines is 1. The van der Waals surface area contributed by atoms with Crippen molar-refractivity contribution < 1.29 is 14.4 Å². The molecule has 2 rings (SSSR count). The fourth-order valence-electron chi connectivity index (χ4n) is 2.05. The number of esters is 1. The van der Waals surface area contributed by atoms with E-state index >= 15 is 0 Å². The Kier molecular flexibility index (Phi) is 4.86. The molecule has 0 unspecified atom stereocenters. The van der Waals surface area contributed by atoms with Crippen LogP contribution >= 0.6 is 0 Å². The quantitative estimate of drug-likeness (QED) is 0.506. The fourth-order valence-corrected chi connectivity index (χ4v) is 2.05. The van der Waals surface area contributed by atoms with E-state index in [2.05, 4.69) is 19.9 Å². The second-order valence-electron chi connectivity index (χ2n) is 4.60. The first-order chi connectivity index (χ1) is 9.70. The minimum Gasteiger partial charge on any atom is -0.464 e. The van der Waals surface area contributed by atoms with E-state index in [1.807, 2.05) is 0 Å². The third-order valence-electron chi connectivity index (χ3n) is 3.11. The zero-order chi connectivity index (χ0) is 14.4. The number of methoxy groups -OCH3 is 1. The molecule has 0 saturated heterocycles. The van der Waals surface area contributed by atoms with Gasteiger partial charge in [-0.25, -0.2) is 14.8 Å². The summed E-state index contributed by atoms with van der Waals surface area (Å²) < 4.78 is 4.68. The van der Waals surface area contributed by atoms with Gasteiger partial charge in [-0.05, 0) is 31.7 Å². The first kappa shape index (κ1) is 14.2. The monoisotopic (exact) mass is 278 g/mol. The fraction of sp³-hybridized carbons (Fsp3) is 0.538. The van der Waals surface area contributed by atoms with Crippen LogP contribution < -0.4 is 5.73 Å². The molecule has 7 heteroatoms. The van der Waals surface area contributed by atoms with Crippen molar-refractivity contribution in [3.63, 3.8) is 0 Å². The maximum Gasteiger partial charge on any atom is 0.364 e. The number of nitrogen functional groups attached to an aromatic ring is 1. The SMILES string of the molecule is COC(=O)C(=NOC1CCCCC1)c1nccc(N)n1. The summed E-state index contributed by atoms with van der Waals surface area (Å²) in [5, 5.41) is 3.89. The number of nitrogens with zero attached hydrogens (tertiary/aromatic N) is 3. The molecular formula is C13H18N4O3. The van der Waals surface area contributed by atoms with E-state index in [9.17, 15) is 4.79 Å². The van der Waals surface area contributed by atoms with Crippen LogP contribution in [-0.4, -0.2) is 34.9 Å². The van der Waals surface area contributed by atoms with Crippen molar-refractivity contribution in [3.8, 4) is 0 Å². The largest absolute Gasteiger partial charge is 0.464 e. The van der Waals surface area contributed by atoms with Gasteiger partial charge in [0.1, 0.15) is 11.9 Å². The Morgan fingerprint density at radius 2 is 2.15 bits per heavy atom. The molecule has 0 radical (unpaired) electrons. The minimum absolute atomic E-state index is 0.0319. The van der Waals surface area contributed by atoms with Crippen LogP contribution in [0.15, 0.2) is 17.4 Å². The maximum atomic E-state index is 11.7. The van der Waals surface area contributed by atoms with Crippen molar-refractivity contribution in [2.75, 3.05) is 12.8 Å². The Bertz CT molecular complexity index is 498. The van der Waals surface area contributed by atoms with Gasteiger partial charge in [-0.1, -0.05) is 11.6 Å². The number of rotatable bonds is 4. The van der Waals surface area contributed by atoms with Gasteiger partial charge in [0.05, 0.1) is 7.11 Å². The summed E-state index contributed by atoms with van der Waals surface area (Å²) in [7, 11) is 1.27. The summed E-state index contributed by atoms with van der Waals surface area (Å²) in [6.45, 7) is 0. The van der Waals surface area contributed by atoms with Crippen molar-refractivity contribution in [1.29, 1.82) is 0 Å². The van der Waals surface area contributed by atoms with Crippen LogP contribution in [0.25, 0.3) is 0 Å². The molecule has 1 heterocycles. The molecule has 0 atom stereocenters. The van der Waals surface area contributed by atoms with E-state index in [1.54, 1.807) is 0 Å². The Hall–Kier alpha value is -2.18. The van der Waals surface area contributed by atoms with Crippen LogP contribution in [0, 0.1) is 0 Å². The van der Waals surface area contributed by atoms with E-state index < -0.39 is 5.97 Å². The third-order valence-corrected chi connectivity index (χ3v) is 3.11. The van der Waals surface area contributed by atoms with E-state index in [-0.39, 0.29) is 23.5 Å². The number of nitrogens with two attached hydrogens (primary N) is 1. The summed E-state index contributed by atoms with van der Waals surface area (Å²) in [4.78, 5) is 25.1. The summed E-state index contributed by atoms with van der Waals surface area (Å²) in [5.41, 5.74) is 5.51. The number of hydrogen-bond acceptors (Lipinski definition) is 7. The van der Waals surface area contributed by atoms with Crippen LogP contribution in [0.4, 0.5) is 5.82 Å². The highest BCUT2D eigenvalue weighted by Gasteiger charge is 2.21. The Morgan fingerprint density at radius 3 is 2.80 bits per heavy atom. The van der Waals surface area contributed by atoms with E-state index in [1.165, 1.54) is 25.8 Å². The van der Waals surface area contributed by atoms with Gasteiger partial charge >= 0.3 is 5.97 Å². The molecule has 1 fully saturated rings. The molecule has 0 spiro atoms. The zero-order valence-electron chi connectivity index (χ0n) is 11.4. The zero-order valence-corrected chi connectivity index (χ0v) is 11.4. The first-order valence-electron chi connectivity index (χ1n) is 6.61. The van der Waals surface area contributed by atoms with Crippen LogP contribution in [0.2, 0.25) is 0 Å². The van der Waals surface area contributed by atoms with E-state index in [0.717, 1.165) is 25.7 Å². The predicted molar refractivity (Wildman–Crippen MR) is 73.0 cm³/mol. The normalized spacial score (nSPS) is 16.8. The molecular weight excluding hydrogens is 260 g/mol. The van der Waals surface area contributed by atoms with Gasteiger partial charge < -0.3 is 15.3 Å². The highest BCUT2D eigenvalue weighted by molar-refractivity contribution is 6.42. The lowest BCUT2D eigenvalue weighted by Crippen LogP contribution is -2.23. The van der Waals surface area contributed by atoms with Crippen LogP contribution in [0.3, 0.4) is 0 Å². The Morgan fingerprint density at radius 1 is 1.40 bits per heavy atom. The molecule has 1 aromatic rings. The van der Waals surface area contributed by atoms with E-state index in [0.29, 0.717) is 0 Å². The smallest absolute Gasteiger partial charge is 0.364 e. The molecule has 0 aliphatic heterocycles. The summed E-state index contributed by atoms with van der Waals surface area (Å²) >= 11 is 0. The van der Waals surface area contributed by atoms with Crippen molar-refractivity contribution in [2.24, 2.45) is 5.16 Å². The number of oxime groups is 1. The lowest BCUT2D eigenvalue weighted by atomic mass is 9.98. The molecule has 7 nitrogen and oxygen atoms in total. The molecule has 20 heavy (non-hydrogen) atoms. The van der Waals surface area contributed by atoms with Gasteiger partial charge in [0.25, 0.3) is 0 Å². The second kappa shape index (κ2) is 6.83. The standard InChI is InChI=1S/C13H18N4O3/c1-19-13(18)11(12-15-8-7-10(14)16-12)17-20-9-5-3-2-4-6-9/h7-9H,2-6H2,1H3,(H2,14,15,16). The second-order valence-corrected chi connectivity index (χ2v) is 4.60. The molecule has 108 valence electrons. The molecule has 1 aliphatic rings. The molecule has 1 aliphatic carbocycles. The van der Waals surface area contributed by atoms with Crippen molar-refractivity contribution in [2.45, 2.75) is 38.2 Å². The van der Waals surface area contributed by atoms with Gasteiger partial charge in [0.2, 0.25) is 5.71 Å². The lowest BCUT2D eigenvalue weighted by Gasteiger charge is -2.19. The van der Waals surface area contributed by atoms with Crippen LogP contribution in [0.5, 0.6) is 0 Å². The number of carbonyl (C=O) groups excluding carboxylic acids is 1. The van der Waals surface area contributed by atoms with Gasteiger partial charge in [0.15, 0.2) is 5.82 Å². The molecule has 0 amide bonds. The molecule has 1 aromatic heterocycles. The summed E-state index contributed by atoms with van der Waals surface area (Å²) in [5.74, 6) is -0.289. The molecule has 2 N–H and O–H groups in total. The number of ether oxygens (including phenoxy) is 1. The highest BCUT2D eigenvalue weighted by atomic mass is 16.6. The van der Waals surface area contributed by atoms with E-state index in [4.69, 9.17) is 10.6 Å². The number of aromatic nitrogens is 2. The van der Waals surface area contributed by atoms with Crippen molar-refractivity contribution >= 4 is 17.5 Å². The van der Waals surface area contributed by atoms with Gasteiger partial charge in [-0.3, -0.25) is 0 Å². The first-order valence-corrected chi connectivity index (χ1v) is 6.61. The average Bonchev–Trinajstić information content (AvgIpc) is 2.48. The summed E-state index contributed by atoms with van der Waals surface area (Å²) in [6, 6.07) is 1.53. The van der Waals surface area contributed by atoms with Gasteiger partial charge in [-0.15, -0.1) is 0 Å². The average molecular weight is 278 g/mol. The maximum absolute atomic E-state index is 11.7. The molecule has 0 bridgehead atoms. The molecule has 0 aromatic carbocycles. The molecule has 1 saturated carbocycles. The Labute approximate surface area is 117 Å². The van der Waals surface area contributed by atoms with Gasteiger partial charge in [-0.2, -0.15) is 0 Å². The topological polar surface area (TPSA) is 99.7 Å². The lowest BCUT2D eigenvalue weighted by molar-refractivity contribution is -0.132. The Balaban J connectivity index is 2.16. The highest BCUT2D eigenvalue weighted by Crippen LogP contribution is 2.20. The minimum atomic E-state index is -0.647. The van der Waals surface area contributed by atoms with Crippen LogP contribution in [0.1, 0.15) is 37.9 Å². The predicted octanol–water partition coefficient (Wildman–Crippen LogP) is 1.29. The summed E-state index contributed by atoms with van der Waals surface area (Å²) in [6.07, 6.45) is 6.81. The van der Waals surface area contributed by atoms with Crippen molar-refractivity contribution in [3.05, 3.63) is 18.1 Å². The third kappa shape index (κ3) is 3.66. The van der Waals surface area contributed by atoms with Gasteiger partial charge in [0, 0.05) is 6.20 Å².